The molecule has 0 saturated heterocycles. The van der Waals surface area contributed by atoms with E-state index < -0.39 is 0 Å². The number of hydrogen-bond donors (Lipinski definition) is 2. The van der Waals surface area contributed by atoms with E-state index in [0.29, 0.717) is 31.5 Å². The van der Waals surface area contributed by atoms with Gasteiger partial charge in [-0.2, -0.15) is 0 Å². The summed E-state index contributed by atoms with van der Waals surface area (Å²) < 4.78 is 5.72. The van der Waals surface area contributed by atoms with Crippen LogP contribution in [0.3, 0.4) is 0 Å². The molecule has 18 heavy (non-hydrogen) atoms. The molecule has 1 aromatic rings. The van der Waals surface area contributed by atoms with Gasteiger partial charge in [-0.3, -0.25) is 0 Å². The first-order chi connectivity index (χ1) is 8.67. The lowest BCUT2D eigenvalue weighted by Gasteiger charge is -2.24. The van der Waals surface area contributed by atoms with Crippen molar-refractivity contribution < 1.29 is 4.74 Å². The molecule has 0 aliphatic carbocycles. The van der Waals surface area contributed by atoms with Crippen molar-refractivity contribution in [2.45, 2.75) is 33.1 Å². The fourth-order valence-electron chi connectivity index (χ4n) is 2.22. The molecule has 0 amide bonds. The second kappa shape index (κ2) is 7.39. The normalized spacial score (nSPS) is 12.8. The molecule has 0 heterocycles. The van der Waals surface area contributed by atoms with E-state index in [9.17, 15) is 0 Å². The molecule has 1 unspecified atom stereocenters. The Morgan fingerprint density at radius 1 is 1.17 bits per heavy atom. The highest BCUT2D eigenvalue weighted by molar-refractivity contribution is 5.40. The minimum atomic E-state index is 0.302. The molecule has 1 aromatic carbocycles. The summed E-state index contributed by atoms with van der Waals surface area (Å²) in [5.41, 5.74) is 14.2. The van der Waals surface area contributed by atoms with Crippen molar-refractivity contribution in [3.8, 4) is 5.75 Å². The van der Waals surface area contributed by atoms with Crippen LogP contribution in [0.15, 0.2) is 18.2 Å². The van der Waals surface area contributed by atoms with Gasteiger partial charge < -0.3 is 16.2 Å². The van der Waals surface area contributed by atoms with Crippen LogP contribution in [0.2, 0.25) is 0 Å². The van der Waals surface area contributed by atoms with E-state index in [1.807, 2.05) is 6.92 Å². The summed E-state index contributed by atoms with van der Waals surface area (Å²) in [5.74, 6) is 1.60. The van der Waals surface area contributed by atoms with Gasteiger partial charge in [0, 0.05) is 0 Å². The number of benzene rings is 1. The standard InChI is InChI=1S/C15H26N2O/c1-4-12-6-7-15(18-5-2)14(8-12)11(3)13(9-16)10-17/h6-8,11,13H,4-5,9-10,16-17H2,1-3H3. The monoisotopic (exact) mass is 250 g/mol. The lowest BCUT2D eigenvalue weighted by Crippen LogP contribution is -2.28. The summed E-state index contributed by atoms with van der Waals surface area (Å²) in [6, 6.07) is 6.42. The van der Waals surface area contributed by atoms with Crippen molar-refractivity contribution in [2.24, 2.45) is 17.4 Å². The second-order valence-electron chi connectivity index (χ2n) is 4.68. The lowest BCUT2D eigenvalue weighted by atomic mass is 9.86. The molecule has 0 aliphatic heterocycles. The fraction of sp³-hybridized carbons (Fsp3) is 0.600. The van der Waals surface area contributed by atoms with Crippen LogP contribution in [0.1, 0.15) is 37.8 Å². The SMILES string of the molecule is CCOc1ccc(CC)cc1C(C)C(CN)CN. The average molecular weight is 250 g/mol. The molecule has 102 valence electrons. The summed E-state index contributed by atoms with van der Waals surface area (Å²) in [6.07, 6.45) is 1.03. The van der Waals surface area contributed by atoms with E-state index in [1.54, 1.807) is 0 Å². The van der Waals surface area contributed by atoms with Crippen LogP contribution in [0.4, 0.5) is 0 Å². The van der Waals surface area contributed by atoms with Crippen LogP contribution < -0.4 is 16.2 Å². The van der Waals surface area contributed by atoms with Gasteiger partial charge in [0.05, 0.1) is 6.61 Å². The highest BCUT2D eigenvalue weighted by Gasteiger charge is 2.20. The van der Waals surface area contributed by atoms with Gasteiger partial charge in [-0.05, 0) is 55.5 Å². The molecule has 0 bridgehead atoms. The molecule has 0 aliphatic rings. The maximum Gasteiger partial charge on any atom is 0.122 e. The zero-order valence-corrected chi connectivity index (χ0v) is 11.8. The van der Waals surface area contributed by atoms with Crippen molar-refractivity contribution in [1.82, 2.24) is 0 Å². The second-order valence-corrected chi connectivity index (χ2v) is 4.68. The summed E-state index contributed by atoms with van der Waals surface area (Å²) >= 11 is 0. The molecule has 0 saturated carbocycles. The van der Waals surface area contributed by atoms with Crippen molar-refractivity contribution in [3.63, 3.8) is 0 Å². The first-order valence-corrected chi connectivity index (χ1v) is 6.83. The molecular formula is C15H26N2O. The van der Waals surface area contributed by atoms with Gasteiger partial charge in [0.2, 0.25) is 0 Å². The van der Waals surface area contributed by atoms with Gasteiger partial charge >= 0.3 is 0 Å². The number of rotatable bonds is 7. The lowest BCUT2D eigenvalue weighted by molar-refractivity contribution is 0.329. The molecule has 1 atom stereocenters. The van der Waals surface area contributed by atoms with Crippen molar-refractivity contribution >= 4 is 0 Å². The zero-order chi connectivity index (χ0) is 13.5. The van der Waals surface area contributed by atoms with Gasteiger partial charge in [-0.25, -0.2) is 0 Å². The van der Waals surface area contributed by atoms with Crippen LogP contribution in [-0.2, 0) is 6.42 Å². The highest BCUT2D eigenvalue weighted by Crippen LogP contribution is 2.32. The Morgan fingerprint density at radius 2 is 1.83 bits per heavy atom. The van der Waals surface area contributed by atoms with Crippen LogP contribution in [0, 0.1) is 5.92 Å². The Labute approximate surface area is 111 Å². The van der Waals surface area contributed by atoms with E-state index in [1.165, 1.54) is 11.1 Å². The topological polar surface area (TPSA) is 61.3 Å². The van der Waals surface area contributed by atoms with E-state index in [4.69, 9.17) is 16.2 Å². The van der Waals surface area contributed by atoms with Crippen LogP contribution in [0.25, 0.3) is 0 Å². The molecule has 0 fully saturated rings. The third kappa shape index (κ3) is 3.47. The molecule has 0 aromatic heterocycles. The first-order valence-electron chi connectivity index (χ1n) is 6.83. The third-order valence-corrected chi connectivity index (χ3v) is 3.59. The van der Waals surface area contributed by atoms with Crippen LogP contribution in [0.5, 0.6) is 5.75 Å². The predicted molar refractivity (Wildman–Crippen MR) is 77.0 cm³/mol. The largest absolute Gasteiger partial charge is 0.494 e. The minimum absolute atomic E-state index is 0.302. The summed E-state index contributed by atoms with van der Waals surface area (Å²) in [7, 11) is 0. The van der Waals surface area contributed by atoms with E-state index in [-0.39, 0.29) is 0 Å². The van der Waals surface area contributed by atoms with E-state index >= 15 is 0 Å². The van der Waals surface area contributed by atoms with Crippen molar-refractivity contribution in [2.75, 3.05) is 19.7 Å². The van der Waals surface area contributed by atoms with Gasteiger partial charge in [0.25, 0.3) is 0 Å². The van der Waals surface area contributed by atoms with Crippen molar-refractivity contribution in [3.05, 3.63) is 29.3 Å². The van der Waals surface area contributed by atoms with Crippen LogP contribution >= 0.6 is 0 Å². The van der Waals surface area contributed by atoms with Gasteiger partial charge in [0.1, 0.15) is 5.75 Å². The summed E-state index contributed by atoms with van der Waals surface area (Å²) in [6.45, 7) is 8.25. The molecule has 4 N–H and O–H groups in total. The quantitative estimate of drug-likeness (QED) is 0.780. The molecular weight excluding hydrogens is 224 g/mol. The Morgan fingerprint density at radius 3 is 2.33 bits per heavy atom. The number of aryl methyl sites for hydroxylation is 1. The Bertz CT molecular complexity index is 362. The first kappa shape index (κ1) is 15.0. The number of nitrogens with two attached hydrogens (primary N) is 2. The van der Waals surface area contributed by atoms with Gasteiger partial charge in [-0.15, -0.1) is 0 Å². The zero-order valence-electron chi connectivity index (χ0n) is 11.8. The Kier molecular flexibility index (Phi) is 6.16. The van der Waals surface area contributed by atoms with E-state index in [2.05, 4.69) is 32.0 Å². The molecule has 1 rings (SSSR count). The average Bonchev–Trinajstić information content (AvgIpc) is 2.40. The maximum atomic E-state index is 5.80. The molecule has 3 nitrogen and oxygen atoms in total. The highest BCUT2D eigenvalue weighted by atomic mass is 16.5. The fourth-order valence-corrected chi connectivity index (χ4v) is 2.22. The minimum Gasteiger partial charge on any atom is -0.494 e. The molecule has 3 heteroatoms. The van der Waals surface area contributed by atoms with Crippen molar-refractivity contribution in [1.29, 1.82) is 0 Å². The van der Waals surface area contributed by atoms with E-state index in [0.717, 1.165) is 12.2 Å². The molecule has 0 spiro atoms. The Hall–Kier alpha value is -1.06. The Balaban J connectivity index is 3.08. The predicted octanol–water partition coefficient (Wildman–Crippen LogP) is 2.28. The molecule has 0 radical (unpaired) electrons. The number of hydrogen-bond acceptors (Lipinski definition) is 3. The number of ether oxygens (including phenoxy) is 1. The maximum absolute atomic E-state index is 5.80. The third-order valence-electron chi connectivity index (χ3n) is 3.59. The van der Waals surface area contributed by atoms with Gasteiger partial charge in [-0.1, -0.05) is 26.0 Å². The smallest absolute Gasteiger partial charge is 0.122 e. The summed E-state index contributed by atoms with van der Waals surface area (Å²) in [4.78, 5) is 0. The van der Waals surface area contributed by atoms with Crippen LogP contribution in [-0.4, -0.2) is 19.7 Å². The summed E-state index contributed by atoms with van der Waals surface area (Å²) in [5, 5.41) is 0. The van der Waals surface area contributed by atoms with Gasteiger partial charge in [0.15, 0.2) is 0 Å².